The first-order valence-corrected chi connectivity index (χ1v) is 9.28. The summed E-state index contributed by atoms with van der Waals surface area (Å²) in [5.41, 5.74) is 4.45. The lowest BCUT2D eigenvalue weighted by molar-refractivity contribution is -0.358. The Morgan fingerprint density at radius 2 is 1.68 bits per heavy atom. The van der Waals surface area contributed by atoms with E-state index in [1.807, 2.05) is 20.8 Å². The number of aryl methyl sites for hydroxylation is 3. The number of halogens is 4. The summed E-state index contributed by atoms with van der Waals surface area (Å²) in [5.74, 6) is 0. The number of hydrogen-bond acceptors (Lipinski definition) is 2. The van der Waals surface area contributed by atoms with Gasteiger partial charge >= 0.3 is 6.97 Å². The molecule has 4 rings (SSSR count). The Kier molecular flexibility index (Phi) is 3.67. The molecule has 25 heavy (non-hydrogen) atoms. The highest BCUT2D eigenvalue weighted by molar-refractivity contribution is 9.18. The van der Waals surface area contributed by atoms with Gasteiger partial charge in [-0.1, -0.05) is 0 Å². The normalized spacial score (nSPS) is 18.0. The first-order chi connectivity index (χ1) is 11.7. The number of nitrogens with zero attached hydrogens (tertiary/aromatic N) is 4. The quantitative estimate of drug-likeness (QED) is 0.582. The molecule has 2 aromatic heterocycles. The van der Waals surface area contributed by atoms with Crippen molar-refractivity contribution in [2.24, 2.45) is 0 Å². The van der Waals surface area contributed by atoms with Crippen molar-refractivity contribution in [1.82, 2.24) is 14.4 Å². The average molecular weight is 470 g/mol. The second-order valence-corrected chi connectivity index (χ2v) is 7.74. The van der Waals surface area contributed by atoms with Gasteiger partial charge in [-0.2, -0.15) is 0 Å². The molecule has 0 N–H and O–H groups in total. The molecular weight excluding hydrogens is 457 g/mol. The van der Waals surface area contributed by atoms with Crippen LogP contribution in [0.5, 0.6) is 0 Å². The van der Waals surface area contributed by atoms with E-state index in [1.54, 1.807) is 24.3 Å². The highest BCUT2D eigenvalue weighted by Gasteiger charge is 2.54. The molecule has 9 heteroatoms. The Bertz CT molecular complexity index is 1040. The Labute approximate surface area is 160 Å². The number of rotatable bonds is 1. The van der Waals surface area contributed by atoms with Gasteiger partial charge in [0.25, 0.3) is 0 Å². The second kappa shape index (κ2) is 5.44. The third-order valence-electron chi connectivity index (χ3n) is 4.59. The smallest absolute Gasteiger partial charge is 0.389 e. The highest BCUT2D eigenvalue weighted by atomic mass is 79.9. The lowest BCUT2D eigenvalue weighted by Crippen LogP contribution is -2.50. The summed E-state index contributed by atoms with van der Waals surface area (Å²) in [7, 11) is 0. The van der Waals surface area contributed by atoms with Crippen LogP contribution in [0.2, 0.25) is 0 Å². The van der Waals surface area contributed by atoms with Crippen LogP contribution in [0.3, 0.4) is 0 Å². The van der Waals surface area contributed by atoms with Gasteiger partial charge in [0.05, 0.1) is 27.3 Å². The van der Waals surface area contributed by atoms with E-state index >= 15 is 8.63 Å². The van der Waals surface area contributed by atoms with Crippen molar-refractivity contribution in [2.45, 2.75) is 20.8 Å². The molecule has 0 aromatic carbocycles. The summed E-state index contributed by atoms with van der Waals surface area (Å²) in [6.07, 6.45) is 3.32. The van der Waals surface area contributed by atoms with Crippen LogP contribution in [-0.2, 0) is 0 Å². The summed E-state index contributed by atoms with van der Waals surface area (Å²) in [5, 5.41) is 0. The van der Waals surface area contributed by atoms with Gasteiger partial charge in [0, 0.05) is 33.8 Å². The van der Waals surface area contributed by atoms with Crippen LogP contribution in [0.15, 0.2) is 34.6 Å². The third-order valence-corrected chi connectivity index (χ3v) is 5.88. The van der Waals surface area contributed by atoms with Crippen LogP contribution >= 0.6 is 31.9 Å². The minimum Gasteiger partial charge on any atom is -0.389 e. The summed E-state index contributed by atoms with van der Waals surface area (Å²) in [6.45, 7) is 1.59. The molecular formula is C16H13BBr2F2N4. The van der Waals surface area contributed by atoms with E-state index < -0.39 is 6.97 Å². The largest absolute Gasteiger partial charge is 0.738 e. The molecule has 0 spiro atoms. The van der Waals surface area contributed by atoms with Gasteiger partial charge in [0.1, 0.15) is 5.69 Å². The van der Waals surface area contributed by atoms with Gasteiger partial charge < -0.3 is 17.6 Å². The zero-order chi connectivity index (χ0) is 18.1. The van der Waals surface area contributed by atoms with Gasteiger partial charge in [-0.3, -0.25) is 4.98 Å². The minimum absolute atomic E-state index is 0.325. The molecule has 0 saturated heterocycles. The Morgan fingerprint density at radius 3 is 2.40 bits per heavy atom. The fourth-order valence-electron chi connectivity index (χ4n) is 3.33. The van der Waals surface area contributed by atoms with E-state index in [-0.39, 0.29) is 0 Å². The minimum atomic E-state index is -4.02. The van der Waals surface area contributed by atoms with Crippen LogP contribution < -0.4 is 0 Å². The maximum Gasteiger partial charge on any atom is 0.738 e. The zero-order valence-corrected chi connectivity index (χ0v) is 16.9. The fourth-order valence-corrected chi connectivity index (χ4v) is 4.47. The van der Waals surface area contributed by atoms with Crippen LogP contribution in [-0.4, -0.2) is 30.5 Å². The van der Waals surface area contributed by atoms with Crippen molar-refractivity contribution in [2.75, 3.05) is 0 Å². The Morgan fingerprint density at radius 1 is 1.00 bits per heavy atom. The maximum atomic E-state index is 15.2. The summed E-state index contributed by atoms with van der Waals surface area (Å²) < 4.78 is 33.1. The topological polar surface area (TPSA) is 33.7 Å². The number of hydrogen-bond donors (Lipinski definition) is 0. The fraction of sp³-hybridized carbons (Fsp3) is 0.188. The zero-order valence-electron chi connectivity index (χ0n) is 13.7. The van der Waals surface area contributed by atoms with Crippen LogP contribution in [0.4, 0.5) is 8.63 Å². The lowest BCUT2D eigenvalue weighted by atomic mass is 9.87. The van der Waals surface area contributed by atoms with Crippen molar-refractivity contribution in [3.63, 3.8) is 0 Å². The Balaban J connectivity index is 2.13. The molecule has 0 bridgehead atoms. The molecule has 4 heterocycles. The molecule has 0 atom stereocenters. The molecule has 0 fully saturated rings. The summed E-state index contributed by atoms with van der Waals surface area (Å²) in [6, 6.07) is 3.32. The lowest BCUT2D eigenvalue weighted by Gasteiger charge is -2.32. The monoisotopic (exact) mass is 468 g/mol. The van der Waals surface area contributed by atoms with Gasteiger partial charge in [0.2, 0.25) is 4.62 Å². The average Bonchev–Trinajstić information content (AvgIpc) is 3.09. The van der Waals surface area contributed by atoms with E-state index in [4.69, 9.17) is 0 Å². The van der Waals surface area contributed by atoms with Crippen molar-refractivity contribution in [1.29, 1.82) is 0 Å². The standard InChI is InChI=1S/C16H13BBr2F2N4/c1-8-9(2)23-16(10(3)22-8)15-11-4-6-13(18)24(11)17(20,21)25-12(15)5-7-14(25)19/h4-7H,1-3H3. The molecule has 128 valence electrons. The molecule has 2 aromatic rings. The molecule has 0 saturated carbocycles. The van der Waals surface area contributed by atoms with E-state index in [0.717, 1.165) is 20.4 Å². The first kappa shape index (κ1) is 16.8. The van der Waals surface area contributed by atoms with Gasteiger partial charge in [-0.15, -0.1) is 0 Å². The van der Waals surface area contributed by atoms with Crippen LogP contribution in [0.1, 0.15) is 28.5 Å². The molecule has 0 amide bonds. The molecule has 2 aliphatic rings. The van der Waals surface area contributed by atoms with Crippen molar-refractivity contribution in [3.05, 3.63) is 63.1 Å². The summed E-state index contributed by atoms with van der Waals surface area (Å²) in [4.78, 5) is 9.20. The van der Waals surface area contributed by atoms with Gasteiger partial charge in [0.15, 0.2) is 5.70 Å². The molecule has 0 unspecified atom stereocenters. The molecule has 0 aliphatic carbocycles. The second-order valence-electron chi connectivity index (χ2n) is 6.11. The van der Waals surface area contributed by atoms with E-state index in [1.165, 1.54) is 0 Å². The van der Waals surface area contributed by atoms with Crippen molar-refractivity contribution >= 4 is 49.0 Å². The van der Waals surface area contributed by atoms with E-state index in [0.29, 0.717) is 37.6 Å². The van der Waals surface area contributed by atoms with Crippen LogP contribution in [0, 0.1) is 20.8 Å². The SMILES string of the molecule is Cc1nc(C)c(C2=C3C=CC(Br)=[N+]3[B-](F)(F)n3c(Br)ccc32)nc1C. The van der Waals surface area contributed by atoms with E-state index in [9.17, 15) is 0 Å². The maximum absolute atomic E-state index is 15.2. The predicted molar refractivity (Wildman–Crippen MR) is 101 cm³/mol. The molecule has 0 radical (unpaired) electrons. The predicted octanol–water partition coefficient (Wildman–Crippen LogP) is 4.34. The number of fused-ring (bicyclic) bond motifs is 2. The van der Waals surface area contributed by atoms with Gasteiger partial charge in [-0.05, 0) is 48.8 Å². The molecule has 4 nitrogen and oxygen atoms in total. The number of allylic oxidation sites excluding steroid dienone is 2. The highest BCUT2D eigenvalue weighted by Crippen LogP contribution is 2.42. The Hall–Kier alpha value is -1.61. The van der Waals surface area contributed by atoms with E-state index in [2.05, 4.69) is 41.8 Å². The van der Waals surface area contributed by atoms with Crippen molar-refractivity contribution < 1.29 is 13.1 Å². The number of aromatic nitrogens is 3. The van der Waals surface area contributed by atoms with Crippen molar-refractivity contribution in [3.8, 4) is 0 Å². The third kappa shape index (κ3) is 2.25. The molecule has 2 aliphatic heterocycles. The summed E-state index contributed by atoms with van der Waals surface area (Å²) >= 11 is 6.52. The van der Waals surface area contributed by atoms with Crippen LogP contribution in [0.25, 0.3) is 5.57 Å². The van der Waals surface area contributed by atoms with Gasteiger partial charge in [-0.25, -0.2) is 4.98 Å². The first-order valence-electron chi connectivity index (χ1n) is 7.69.